The quantitative estimate of drug-likeness (QED) is 0.640. The van der Waals surface area contributed by atoms with E-state index in [9.17, 15) is 9.59 Å². The van der Waals surface area contributed by atoms with E-state index < -0.39 is 6.04 Å². The molecule has 0 aliphatic rings. The fourth-order valence-corrected chi connectivity index (χ4v) is 3.20. The Bertz CT molecular complexity index is 915. The molecule has 0 saturated heterocycles. The van der Waals surface area contributed by atoms with Crippen LogP contribution in [0, 0.1) is 6.92 Å². The topological polar surface area (TPSA) is 74.0 Å². The molecule has 1 aromatic heterocycles. The van der Waals surface area contributed by atoms with Gasteiger partial charge in [-0.1, -0.05) is 48.5 Å². The summed E-state index contributed by atoms with van der Waals surface area (Å²) in [5.41, 5.74) is 3.96. The van der Waals surface area contributed by atoms with E-state index in [-0.39, 0.29) is 18.2 Å². The lowest BCUT2D eigenvalue weighted by atomic mass is 10.0. The highest BCUT2D eigenvalue weighted by atomic mass is 16.2. The second-order valence-corrected chi connectivity index (χ2v) is 6.37. The van der Waals surface area contributed by atoms with Crippen molar-refractivity contribution in [1.82, 2.24) is 15.6 Å². The number of H-pyrrole nitrogens is 1. The first-order valence-electron chi connectivity index (χ1n) is 8.69. The molecule has 0 saturated carbocycles. The molecule has 0 aliphatic carbocycles. The lowest BCUT2D eigenvalue weighted by Crippen LogP contribution is -2.47. The number of rotatable bonds is 6. The summed E-state index contributed by atoms with van der Waals surface area (Å²) in [5, 5.41) is 6.55. The molecule has 5 heteroatoms. The number of carbonyl (C=O) groups is 2. The number of likely N-dealkylation sites (N-methyl/N-ethyl adjacent to an activating group) is 1. The maximum Gasteiger partial charge on any atom is 0.242 e. The first kappa shape index (κ1) is 17.7. The molecule has 0 unspecified atom stereocenters. The first-order valence-corrected chi connectivity index (χ1v) is 8.69. The minimum absolute atomic E-state index is 0.164. The average Bonchev–Trinajstić information content (AvgIpc) is 2.97. The van der Waals surface area contributed by atoms with Crippen LogP contribution in [0.2, 0.25) is 0 Å². The number of amides is 2. The van der Waals surface area contributed by atoms with Crippen LogP contribution >= 0.6 is 0 Å². The molecule has 2 aromatic carbocycles. The van der Waals surface area contributed by atoms with Gasteiger partial charge in [0.1, 0.15) is 6.04 Å². The van der Waals surface area contributed by atoms with Crippen molar-refractivity contribution in [3.05, 3.63) is 71.4 Å². The van der Waals surface area contributed by atoms with Gasteiger partial charge in [-0.25, -0.2) is 0 Å². The van der Waals surface area contributed by atoms with Crippen molar-refractivity contribution in [1.29, 1.82) is 0 Å². The van der Waals surface area contributed by atoms with Gasteiger partial charge < -0.3 is 15.6 Å². The Morgan fingerprint density at radius 2 is 1.73 bits per heavy atom. The number of fused-ring (bicyclic) bond motifs is 1. The third kappa shape index (κ3) is 3.94. The maximum absolute atomic E-state index is 12.6. The zero-order chi connectivity index (χ0) is 18.5. The van der Waals surface area contributed by atoms with Crippen molar-refractivity contribution in [2.75, 3.05) is 7.05 Å². The van der Waals surface area contributed by atoms with Gasteiger partial charge in [0, 0.05) is 30.1 Å². The van der Waals surface area contributed by atoms with Gasteiger partial charge in [-0.2, -0.15) is 0 Å². The van der Waals surface area contributed by atoms with E-state index in [0.717, 1.165) is 27.7 Å². The van der Waals surface area contributed by atoms with E-state index in [1.165, 1.54) is 0 Å². The zero-order valence-corrected chi connectivity index (χ0v) is 15.0. The summed E-state index contributed by atoms with van der Waals surface area (Å²) in [4.78, 5) is 28.1. The molecule has 2 amide bonds. The van der Waals surface area contributed by atoms with Crippen LogP contribution in [0.25, 0.3) is 10.9 Å². The second kappa shape index (κ2) is 7.87. The summed E-state index contributed by atoms with van der Waals surface area (Å²) in [5.74, 6) is -0.361. The number of hydrogen-bond donors (Lipinski definition) is 3. The minimum Gasteiger partial charge on any atom is -0.358 e. The number of aromatic nitrogens is 1. The summed E-state index contributed by atoms with van der Waals surface area (Å²) in [6.45, 7) is 1.96. The Morgan fingerprint density at radius 3 is 2.46 bits per heavy atom. The average molecular weight is 349 g/mol. The predicted octanol–water partition coefficient (Wildman–Crippen LogP) is 2.49. The van der Waals surface area contributed by atoms with Gasteiger partial charge in [-0.3, -0.25) is 9.59 Å². The van der Waals surface area contributed by atoms with Crippen LogP contribution in [-0.2, 0) is 22.4 Å². The molecule has 0 fully saturated rings. The van der Waals surface area contributed by atoms with Crippen molar-refractivity contribution in [2.24, 2.45) is 0 Å². The van der Waals surface area contributed by atoms with Crippen LogP contribution in [0.15, 0.2) is 54.6 Å². The van der Waals surface area contributed by atoms with Gasteiger partial charge in [-0.05, 0) is 24.1 Å². The monoisotopic (exact) mass is 349 g/mol. The van der Waals surface area contributed by atoms with Crippen LogP contribution in [0.1, 0.15) is 16.8 Å². The van der Waals surface area contributed by atoms with E-state index in [0.29, 0.717) is 6.42 Å². The van der Waals surface area contributed by atoms with Crippen molar-refractivity contribution in [3.8, 4) is 0 Å². The summed E-state index contributed by atoms with van der Waals surface area (Å²) >= 11 is 0. The Kier molecular flexibility index (Phi) is 5.37. The molecule has 0 aliphatic heterocycles. The Hall–Kier alpha value is -3.08. The predicted molar refractivity (Wildman–Crippen MR) is 103 cm³/mol. The molecular weight excluding hydrogens is 326 g/mol. The molecule has 3 N–H and O–H groups in total. The molecule has 3 rings (SSSR count). The third-order valence-electron chi connectivity index (χ3n) is 4.55. The highest BCUT2D eigenvalue weighted by molar-refractivity contribution is 5.92. The molecule has 1 atom stereocenters. The van der Waals surface area contributed by atoms with E-state index in [1.807, 2.05) is 61.5 Å². The number of aryl methyl sites for hydroxylation is 1. The van der Waals surface area contributed by atoms with Gasteiger partial charge in [0.2, 0.25) is 11.8 Å². The van der Waals surface area contributed by atoms with Crippen molar-refractivity contribution < 1.29 is 9.59 Å². The number of hydrogen-bond acceptors (Lipinski definition) is 2. The Morgan fingerprint density at radius 1 is 1.04 bits per heavy atom. The van der Waals surface area contributed by atoms with E-state index >= 15 is 0 Å². The first-order chi connectivity index (χ1) is 12.6. The van der Waals surface area contributed by atoms with Gasteiger partial charge in [0.25, 0.3) is 0 Å². The lowest BCUT2D eigenvalue weighted by molar-refractivity contribution is -0.128. The Balaban J connectivity index is 1.75. The van der Waals surface area contributed by atoms with Crippen molar-refractivity contribution in [3.63, 3.8) is 0 Å². The molecule has 134 valence electrons. The number of carbonyl (C=O) groups excluding carboxylic acids is 2. The highest BCUT2D eigenvalue weighted by Crippen LogP contribution is 2.22. The number of nitrogens with one attached hydrogen (secondary N) is 3. The number of para-hydroxylation sites is 1. The van der Waals surface area contributed by atoms with Crippen LogP contribution in [0.3, 0.4) is 0 Å². The molecule has 0 bridgehead atoms. The second-order valence-electron chi connectivity index (χ2n) is 6.37. The van der Waals surface area contributed by atoms with Crippen LogP contribution in [-0.4, -0.2) is 29.9 Å². The van der Waals surface area contributed by atoms with Gasteiger partial charge in [-0.15, -0.1) is 0 Å². The molecule has 1 heterocycles. The third-order valence-corrected chi connectivity index (χ3v) is 4.55. The zero-order valence-electron chi connectivity index (χ0n) is 15.0. The number of benzene rings is 2. The molecule has 26 heavy (non-hydrogen) atoms. The molecule has 0 radical (unpaired) electrons. The standard InChI is InChI=1S/C21H23N3O2/c1-14-17(16-10-6-7-11-18(16)23-14)13-20(25)24-19(21(26)22-2)12-15-8-4-3-5-9-15/h3-11,19,23H,12-13H2,1-2H3,(H,22,26)(H,24,25)/t19-/m0/s1. The Labute approximate surface area is 152 Å². The van der Waals surface area contributed by atoms with Crippen molar-refractivity contribution in [2.45, 2.75) is 25.8 Å². The van der Waals surface area contributed by atoms with Gasteiger partial charge in [0.15, 0.2) is 0 Å². The maximum atomic E-state index is 12.6. The molecule has 3 aromatic rings. The smallest absolute Gasteiger partial charge is 0.242 e. The summed E-state index contributed by atoms with van der Waals surface area (Å²) in [6.07, 6.45) is 0.692. The summed E-state index contributed by atoms with van der Waals surface area (Å²) in [7, 11) is 1.58. The van der Waals surface area contributed by atoms with Crippen LogP contribution in [0.4, 0.5) is 0 Å². The van der Waals surface area contributed by atoms with Gasteiger partial charge >= 0.3 is 0 Å². The van der Waals surface area contributed by atoms with Crippen molar-refractivity contribution >= 4 is 22.7 Å². The fraction of sp³-hybridized carbons (Fsp3) is 0.238. The van der Waals surface area contributed by atoms with E-state index in [2.05, 4.69) is 15.6 Å². The van der Waals surface area contributed by atoms with E-state index in [4.69, 9.17) is 0 Å². The number of aromatic amines is 1. The molecule has 5 nitrogen and oxygen atoms in total. The van der Waals surface area contributed by atoms with Crippen LogP contribution in [0.5, 0.6) is 0 Å². The van der Waals surface area contributed by atoms with Crippen LogP contribution < -0.4 is 10.6 Å². The molecule has 0 spiro atoms. The minimum atomic E-state index is -0.597. The van der Waals surface area contributed by atoms with Gasteiger partial charge in [0.05, 0.1) is 6.42 Å². The largest absolute Gasteiger partial charge is 0.358 e. The summed E-state index contributed by atoms with van der Waals surface area (Å²) < 4.78 is 0. The van der Waals surface area contributed by atoms with E-state index in [1.54, 1.807) is 7.05 Å². The normalized spacial score (nSPS) is 11.9. The fourth-order valence-electron chi connectivity index (χ4n) is 3.20. The molecular formula is C21H23N3O2. The highest BCUT2D eigenvalue weighted by Gasteiger charge is 2.21. The summed E-state index contributed by atoms with van der Waals surface area (Å²) in [6, 6.07) is 17.0. The lowest BCUT2D eigenvalue weighted by Gasteiger charge is -2.17. The SMILES string of the molecule is CNC(=O)[C@H](Cc1ccccc1)NC(=O)Cc1c(C)[nH]c2ccccc12.